The van der Waals surface area contributed by atoms with Crippen LogP contribution in [0.3, 0.4) is 0 Å². The van der Waals surface area contributed by atoms with Gasteiger partial charge in [0.15, 0.2) is 0 Å². The standard InChI is InChI=1S/C12H19NO5S2/c1-5-13(9(2)8-17-3)20(15,16)10-6-7-19-11(10)12(14)18-4/h6-7,9H,5,8H2,1-4H3. The molecule has 8 heteroatoms. The van der Waals surface area contributed by atoms with Gasteiger partial charge in [-0.3, -0.25) is 0 Å². The van der Waals surface area contributed by atoms with Crippen LogP contribution in [0.2, 0.25) is 0 Å². The van der Waals surface area contributed by atoms with Gasteiger partial charge in [0.2, 0.25) is 10.0 Å². The second-order valence-corrected chi connectivity index (χ2v) is 6.89. The third kappa shape index (κ3) is 3.38. The molecule has 0 saturated heterocycles. The first-order valence-corrected chi connectivity index (χ1v) is 8.38. The number of rotatable bonds is 7. The summed E-state index contributed by atoms with van der Waals surface area (Å²) in [6.07, 6.45) is 0. The average Bonchev–Trinajstić information content (AvgIpc) is 2.88. The molecule has 1 heterocycles. The fourth-order valence-corrected chi connectivity index (χ4v) is 4.85. The number of hydrogen-bond donors (Lipinski definition) is 0. The van der Waals surface area contributed by atoms with Gasteiger partial charge in [0, 0.05) is 19.7 Å². The minimum absolute atomic E-state index is 0.0147. The van der Waals surface area contributed by atoms with Crippen LogP contribution in [-0.2, 0) is 19.5 Å². The lowest BCUT2D eigenvalue weighted by molar-refractivity contribution is 0.0602. The molecule has 1 atom stereocenters. The largest absolute Gasteiger partial charge is 0.465 e. The van der Waals surface area contributed by atoms with E-state index >= 15 is 0 Å². The Morgan fingerprint density at radius 3 is 2.60 bits per heavy atom. The highest BCUT2D eigenvalue weighted by molar-refractivity contribution is 7.89. The van der Waals surface area contributed by atoms with Gasteiger partial charge in [0.05, 0.1) is 13.7 Å². The first kappa shape index (κ1) is 17.1. The number of carbonyl (C=O) groups is 1. The lowest BCUT2D eigenvalue weighted by atomic mass is 10.4. The van der Waals surface area contributed by atoms with E-state index in [9.17, 15) is 13.2 Å². The number of hydrogen-bond acceptors (Lipinski definition) is 6. The summed E-state index contributed by atoms with van der Waals surface area (Å²) in [5, 5.41) is 1.56. The van der Waals surface area contributed by atoms with Crippen LogP contribution in [0.15, 0.2) is 16.3 Å². The van der Waals surface area contributed by atoms with Gasteiger partial charge >= 0.3 is 5.97 Å². The predicted octanol–water partition coefficient (Wildman–Crippen LogP) is 1.58. The fourth-order valence-electron chi connectivity index (χ4n) is 1.91. The summed E-state index contributed by atoms with van der Waals surface area (Å²) in [6.45, 7) is 4.08. The quantitative estimate of drug-likeness (QED) is 0.713. The van der Waals surface area contributed by atoms with Gasteiger partial charge in [-0.05, 0) is 18.4 Å². The molecular formula is C12H19NO5S2. The second-order valence-electron chi connectivity index (χ2n) is 4.12. The summed E-state index contributed by atoms with van der Waals surface area (Å²) in [4.78, 5) is 11.7. The van der Waals surface area contributed by atoms with E-state index < -0.39 is 16.0 Å². The monoisotopic (exact) mass is 321 g/mol. The van der Waals surface area contributed by atoms with E-state index in [2.05, 4.69) is 4.74 Å². The summed E-state index contributed by atoms with van der Waals surface area (Å²) < 4.78 is 36.2. The van der Waals surface area contributed by atoms with Crippen molar-refractivity contribution >= 4 is 27.3 Å². The molecule has 0 radical (unpaired) electrons. The molecule has 0 aromatic carbocycles. The number of nitrogens with zero attached hydrogens (tertiary/aromatic N) is 1. The zero-order valence-corrected chi connectivity index (χ0v) is 13.6. The molecule has 1 aromatic heterocycles. The zero-order chi connectivity index (χ0) is 15.3. The Bertz CT molecular complexity index is 552. The Labute approximate surface area is 123 Å². The van der Waals surface area contributed by atoms with Crippen LogP contribution in [0.1, 0.15) is 23.5 Å². The SMILES string of the molecule is CCN(C(C)COC)S(=O)(=O)c1ccsc1C(=O)OC. The highest BCUT2D eigenvalue weighted by Crippen LogP contribution is 2.27. The summed E-state index contributed by atoms with van der Waals surface area (Å²) in [6, 6.07) is 1.11. The Balaban J connectivity index is 3.21. The summed E-state index contributed by atoms with van der Waals surface area (Å²) in [7, 11) is -1.01. The first-order valence-electron chi connectivity index (χ1n) is 6.06. The van der Waals surface area contributed by atoms with Gasteiger partial charge in [0.25, 0.3) is 0 Å². The van der Waals surface area contributed by atoms with Crippen LogP contribution >= 0.6 is 11.3 Å². The molecular weight excluding hydrogens is 302 g/mol. The van der Waals surface area contributed by atoms with Crippen molar-refractivity contribution in [3.63, 3.8) is 0 Å². The molecule has 0 aliphatic rings. The first-order chi connectivity index (χ1) is 9.39. The lowest BCUT2D eigenvalue weighted by Gasteiger charge is -2.26. The lowest BCUT2D eigenvalue weighted by Crippen LogP contribution is -2.41. The third-order valence-electron chi connectivity index (χ3n) is 2.80. The molecule has 0 fully saturated rings. The van der Waals surface area contributed by atoms with E-state index in [0.717, 1.165) is 11.3 Å². The number of thiophene rings is 1. The van der Waals surface area contributed by atoms with Gasteiger partial charge < -0.3 is 9.47 Å². The maximum absolute atomic E-state index is 12.7. The van der Waals surface area contributed by atoms with E-state index in [1.165, 1.54) is 24.6 Å². The number of esters is 1. The molecule has 0 spiro atoms. The smallest absolute Gasteiger partial charge is 0.349 e. The van der Waals surface area contributed by atoms with Crippen molar-refractivity contribution in [2.75, 3.05) is 27.4 Å². The number of sulfonamides is 1. The molecule has 0 amide bonds. The summed E-state index contributed by atoms with van der Waals surface area (Å²) in [5.74, 6) is -0.644. The van der Waals surface area contributed by atoms with Crippen molar-refractivity contribution in [3.8, 4) is 0 Å². The average molecular weight is 321 g/mol. The van der Waals surface area contributed by atoms with Gasteiger partial charge in [-0.15, -0.1) is 11.3 Å². The second kappa shape index (κ2) is 7.16. The molecule has 1 rings (SSSR count). The maximum Gasteiger partial charge on any atom is 0.349 e. The molecule has 1 aromatic rings. The van der Waals surface area contributed by atoms with Crippen LogP contribution < -0.4 is 0 Å². The molecule has 1 unspecified atom stereocenters. The van der Waals surface area contributed by atoms with Crippen LogP contribution in [0.5, 0.6) is 0 Å². The van der Waals surface area contributed by atoms with Crippen molar-refractivity contribution in [3.05, 3.63) is 16.3 Å². The van der Waals surface area contributed by atoms with Crippen LogP contribution in [-0.4, -0.2) is 52.1 Å². The molecule has 0 N–H and O–H groups in total. The van der Waals surface area contributed by atoms with E-state index in [1.807, 2.05) is 0 Å². The highest BCUT2D eigenvalue weighted by Gasteiger charge is 2.32. The van der Waals surface area contributed by atoms with E-state index in [4.69, 9.17) is 4.74 Å². The molecule has 0 bridgehead atoms. The molecule has 20 heavy (non-hydrogen) atoms. The van der Waals surface area contributed by atoms with Crippen molar-refractivity contribution < 1.29 is 22.7 Å². The van der Waals surface area contributed by atoms with Crippen LogP contribution in [0.4, 0.5) is 0 Å². The molecule has 0 aliphatic carbocycles. The normalized spacial score (nSPS) is 13.4. The number of carbonyl (C=O) groups excluding carboxylic acids is 1. The summed E-state index contributed by atoms with van der Waals surface area (Å²) >= 11 is 1.05. The van der Waals surface area contributed by atoms with Crippen LogP contribution in [0.25, 0.3) is 0 Å². The number of methoxy groups -OCH3 is 2. The Morgan fingerprint density at radius 1 is 1.45 bits per heavy atom. The van der Waals surface area contributed by atoms with Crippen molar-refractivity contribution in [1.29, 1.82) is 0 Å². The maximum atomic E-state index is 12.7. The van der Waals surface area contributed by atoms with E-state index in [-0.39, 0.29) is 22.4 Å². The van der Waals surface area contributed by atoms with E-state index in [0.29, 0.717) is 6.54 Å². The van der Waals surface area contributed by atoms with Crippen molar-refractivity contribution in [2.24, 2.45) is 0 Å². The van der Waals surface area contributed by atoms with Crippen molar-refractivity contribution in [2.45, 2.75) is 24.8 Å². The Morgan fingerprint density at radius 2 is 2.10 bits per heavy atom. The predicted molar refractivity (Wildman–Crippen MR) is 76.6 cm³/mol. The van der Waals surface area contributed by atoms with Gasteiger partial charge in [0.1, 0.15) is 9.77 Å². The molecule has 6 nitrogen and oxygen atoms in total. The van der Waals surface area contributed by atoms with Gasteiger partial charge in [-0.1, -0.05) is 6.92 Å². The topological polar surface area (TPSA) is 72.9 Å². The molecule has 0 aliphatic heterocycles. The Hall–Kier alpha value is -0.960. The summed E-state index contributed by atoms with van der Waals surface area (Å²) in [5.41, 5.74) is 0. The fraction of sp³-hybridized carbons (Fsp3) is 0.583. The number of ether oxygens (including phenoxy) is 2. The number of likely N-dealkylation sites (N-methyl/N-ethyl adjacent to an activating group) is 1. The minimum atomic E-state index is -3.75. The van der Waals surface area contributed by atoms with Crippen LogP contribution in [0, 0.1) is 0 Å². The van der Waals surface area contributed by atoms with Crippen molar-refractivity contribution in [1.82, 2.24) is 4.31 Å². The highest BCUT2D eigenvalue weighted by atomic mass is 32.2. The Kier molecular flexibility index (Phi) is 6.12. The molecule has 114 valence electrons. The minimum Gasteiger partial charge on any atom is -0.465 e. The molecule has 0 saturated carbocycles. The van der Waals surface area contributed by atoms with Gasteiger partial charge in [-0.2, -0.15) is 4.31 Å². The van der Waals surface area contributed by atoms with Gasteiger partial charge in [-0.25, -0.2) is 13.2 Å². The van der Waals surface area contributed by atoms with E-state index in [1.54, 1.807) is 19.2 Å². The third-order valence-corrected chi connectivity index (χ3v) is 5.95. The zero-order valence-electron chi connectivity index (χ0n) is 12.0.